The van der Waals surface area contributed by atoms with Gasteiger partial charge in [0.05, 0.1) is 4.92 Å². The van der Waals surface area contributed by atoms with Crippen molar-refractivity contribution in [3.8, 4) is 0 Å². The maximum absolute atomic E-state index is 10.8. The highest BCUT2D eigenvalue weighted by atomic mass is 16.6. The molecular formula is C13H18N2O3. The van der Waals surface area contributed by atoms with Crippen molar-refractivity contribution in [2.24, 2.45) is 5.92 Å². The number of aliphatic hydroxyl groups excluding tert-OH is 1. The summed E-state index contributed by atoms with van der Waals surface area (Å²) in [6, 6.07) is 5.24. The number of aliphatic hydroxyl groups is 1. The molecule has 0 amide bonds. The molecule has 1 saturated carbocycles. The molecule has 0 bridgehead atoms. The van der Waals surface area contributed by atoms with E-state index in [-0.39, 0.29) is 29.2 Å². The normalized spacial score (nSPS) is 23.0. The molecule has 18 heavy (non-hydrogen) atoms. The van der Waals surface area contributed by atoms with Gasteiger partial charge in [-0.3, -0.25) is 10.1 Å². The second kappa shape index (κ2) is 5.35. The van der Waals surface area contributed by atoms with E-state index in [1.807, 2.05) is 13.0 Å². The molecule has 2 unspecified atom stereocenters. The Morgan fingerprint density at radius 1 is 1.44 bits per heavy atom. The minimum Gasteiger partial charge on any atom is -0.396 e. The zero-order valence-corrected chi connectivity index (χ0v) is 10.4. The van der Waals surface area contributed by atoms with Crippen LogP contribution in [0.4, 0.5) is 11.4 Å². The summed E-state index contributed by atoms with van der Waals surface area (Å²) in [6.45, 7) is 2.02. The van der Waals surface area contributed by atoms with Crippen LogP contribution in [0.15, 0.2) is 18.2 Å². The molecule has 0 aromatic heterocycles. The van der Waals surface area contributed by atoms with Crippen molar-refractivity contribution in [1.29, 1.82) is 0 Å². The predicted octanol–water partition coefficient (Wildman–Crippen LogP) is 2.48. The van der Waals surface area contributed by atoms with Gasteiger partial charge in [-0.1, -0.05) is 6.42 Å². The van der Waals surface area contributed by atoms with Gasteiger partial charge >= 0.3 is 0 Å². The van der Waals surface area contributed by atoms with Gasteiger partial charge in [0.15, 0.2) is 0 Å². The van der Waals surface area contributed by atoms with Gasteiger partial charge in [0, 0.05) is 36.4 Å². The van der Waals surface area contributed by atoms with Gasteiger partial charge in [0.1, 0.15) is 0 Å². The fourth-order valence-corrected chi connectivity index (χ4v) is 2.61. The highest BCUT2D eigenvalue weighted by Crippen LogP contribution is 2.29. The zero-order chi connectivity index (χ0) is 13.1. The smallest absolute Gasteiger partial charge is 0.271 e. The maximum atomic E-state index is 10.8. The lowest BCUT2D eigenvalue weighted by molar-refractivity contribution is -0.384. The second-order valence-corrected chi connectivity index (χ2v) is 4.94. The van der Waals surface area contributed by atoms with Crippen molar-refractivity contribution in [3.63, 3.8) is 0 Å². The Labute approximate surface area is 106 Å². The number of hydrogen-bond donors (Lipinski definition) is 2. The van der Waals surface area contributed by atoms with Gasteiger partial charge in [-0.25, -0.2) is 0 Å². The number of nitro groups is 1. The fraction of sp³-hybridized carbons (Fsp3) is 0.538. The summed E-state index contributed by atoms with van der Waals surface area (Å²) in [5.41, 5.74) is 1.74. The van der Waals surface area contributed by atoms with Crippen molar-refractivity contribution in [3.05, 3.63) is 33.9 Å². The average molecular weight is 250 g/mol. The fourth-order valence-electron chi connectivity index (χ4n) is 2.61. The molecule has 1 aliphatic rings. The van der Waals surface area contributed by atoms with Crippen molar-refractivity contribution >= 4 is 11.4 Å². The van der Waals surface area contributed by atoms with E-state index in [0.29, 0.717) is 0 Å². The third-order valence-corrected chi connectivity index (χ3v) is 3.52. The topological polar surface area (TPSA) is 75.4 Å². The lowest BCUT2D eigenvalue weighted by atomic mass is 10.0. The quantitative estimate of drug-likeness (QED) is 0.636. The van der Waals surface area contributed by atoms with Crippen molar-refractivity contribution in [2.45, 2.75) is 32.2 Å². The summed E-state index contributed by atoms with van der Waals surface area (Å²) in [5.74, 6) is 0.254. The van der Waals surface area contributed by atoms with Gasteiger partial charge in [-0.15, -0.1) is 0 Å². The van der Waals surface area contributed by atoms with Crippen LogP contribution in [0.3, 0.4) is 0 Å². The summed E-state index contributed by atoms with van der Waals surface area (Å²) < 4.78 is 0. The van der Waals surface area contributed by atoms with Crippen LogP contribution in [0.1, 0.15) is 24.8 Å². The average Bonchev–Trinajstić information content (AvgIpc) is 2.75. The van der Waals surface area contributed by atoms with Crippen LogP contribution in [0.25, 0.3) is 0 Å². The Kier molecular flexibility index (Phi) is 3.81. The molecule has 5 heteroatoms. The Balaban J connectivity index is 2.16. The molecule has 0 spiro atoms. The van der Waals surface area contributed by atoms with E-state index < -0.39 is 0 Å². The molecule has 1 aliphatic carbocycles. The van der Waals surface area contributed by atoms with E-state index in [1.54, 1.807) is 12.1 Å². The van der Waals surface area contributed by atoms with Gasteiger partial charge in [-0.2, -0.15) is 0 Å². The summed E-state index contributed by atoms with van der Waals surface area (Å²) in [6.07, 6.45) is 3.12. The van der Waals surface area contributed by atoms with E-state index in [4.69, 9.17) is 0 Å². The lowest BCUT2D eigenvalue weighted by Crippen LogP contribution is -2.26. The van der Waals surface area contributed by atoms with Crippen LogP contribution in [0, 0.1) is 23.0 Å². The molecule has 0 radical (unpaired) electrons. The molecule has 5 nitrogen and oxygen atoms in total. The molecule has 98 valence electrons. The number of hydrogen-bond acceptors (Lipinski definition) is 4. The first-order valence-electron chi connectivity index (χ1n) is 6.23. The van der Waals surface area contributed by atoms with Crippen LogP contribution < -0.4 is 5.32 Å². The predicted molar refractivity (Wildman–Crippen MR) is 69.7 cm³/mol. The number of non-ortho nitro benzene ring substituents is 1. The third kappa shape index (κ3) is 2.79. The SMILES string of the molecule is Cc1cc(NC2CCCC2CO)cc([N+](=O)[O-])c1. The highest BCUT2D eigenvalue weighted by Gasteiger charge is 2.26. The minimum atomic E-state index is -0.379. The number of nitrogens with zero attached hydrogens (tertiary/aromatic N) is 1. The molecule has 2 atom stereocenters. The lowest BCUT2D eigenvalue weighted by Gasteiger charge is -2.20. The largest absolute Gasteiger partial charge is 0.396 e. The van der Waals surface area contributed by atoms with Crippen molar-refractivity contribution < 1.29 is 10.0 Å². The Morgan fingerprint density at radius 2 is 2.22 bits per heavy atom. The number of benzene rings is 1. The van der Waals surface area contributed by atoms with Crippen molar-refractivity contribution in [2.75, 3.05) is 11.9 Å². The van der Waals surface area contributed by atoms with Gasteiger partial charge in [0.25, 0.3) is 5.69 Å². The molecule has 2 N–H and O–H groups in total. The summed E-state index contributed by atoms with van der Waals surface area (Å²) in [7, 11) is 0. The summed E-state index contributed by atoms with van der Waals surface area (Å²) >= 11 is 0. The van der Waals surface area contributed by atoms with Crippen LogP contribution in [-0.4, -0.2) is 22.7 Å². The molecule has 0 saturated heterocycles. The Hall–Kier alpha value is -1.62. The zero-order valence-electron chi connectivity index (χ0n) is 10.4. The second-order valence-electron chi connectivity index (χ2n) is 4.94. The summed E-state index contributed by atoms with van der Waals surface area (Å²) in [4.78, 5) is 10.4. The Morgan fingerprint density at radius 3 is 2.89 bits per heavy atom. The van der Waals surface area contributed by atoms with Crippen LogP contribution >= 0.6 is 0 Å². The summed E-state index contributed by atoms with van der Waals surface area (Å²) in [5, 5.41) is 23.4. The molecule has 0 aliphatic heterocycles. The standard InChI is InChI=1S/C13H18N2O3/c1-9-5-11(7-12(6-9)15(17)18)14-13-4-2-3-10(13)8-16/h5-7,10,13-14,16H,2-4,8H2,1H3. The molecule has 1 fully saturated rings. The van der Waals surface area contributed by atoms with E-state index in [9.17, 15) is 15.2 Å². The number of nitrogens with one attached hydrogen (secondary N) is 1. The van der Waals surface area contributed by atoms with E-state index in [0.717, 1.165) is 30.5 Å². The highest BCUT2D eigenvalue weighted by molar-refractivity contribution is 5.54. The first-order valence-corrected chi connectivity index (χ1v) is 6.23. The molecule has 1 aromatic rings. The number of nitro benzene ring substituents is 1. The van der Waals surface area contributed by atoms with Gasteiger partial charge < -0.3 is 10.4 Å². The van der Waals surface area contributed by atoms with E-state index in [2.05, 4.69) is 5.32 Å². The first kappa shape index (κ1) is 12.8. The molecule has 1 aromatic carbocycles. The number of anilines is 1. The Bertz CT molecular complexity index is 448. The van der Waals surface area contributed by atoms with Crippen LogP contribution in [0.2, 0.25) is 0 Å². The van der Waals surface area contributed by atoms with Gasteiger partial charge in [-0.05, 0) is 31.4 Å². The monoisotopic (exact) mass is 250 g/mol. The van der Waals surface area contributed by atoms with E-state index in [1.165, 1.54) is 0 Å². The molecular weight excluding hydrogens is 232 g/mol. The molecule has 2 rings (SSSR count). The third-order valence-electron chi connectivity index (χ3n) is 3.52. The first-order chi connectivity index (χ1) is 8.60. The minimum absolute atomic E-state index is 0.107. The van der Waals surface area contributed by atoms with Gasteiger partial charge in [0.2, 0.25) is 0 Å². The molecule has 0 heterocycles. The van der Waals surface area contributed by atoms with Crippen LogP contribution in [0.5, 0.6) is 0 Å². The number of rotatable bonds is 4. The van der Waals surface area contributed by atoms with E-state index >= 15 is 0 Å². The van der Waals surface area contributed by atoms with Crippen molar-refractivity contribution in [1.82, 2.24) is 0 Å². The van der Waals surface area contributed by atoms with Crippen LogP contribution in [-0.2, 0) is 0 Å². The number of aryl methyl sites for hydroxylation is 1. The maximum Gasteiger partial charge on any atom is 0.271 e.